The topological polar surface area (TPSA) is 37.3 Å². The standard InChI is InChI=1S/C18H23BrN2O/c1-3-14-6-4-5-9-21(14)11-16-12(2)20-17-8-7-13(19)10-15(17)18(16)22/h7-8,10,14H,3-6,9,11H2,1-2H3,(H,20,22)/p+1. The van der Waals surface area contributed by atoms with E-state index in [0.717, 1.165) is 33.2 Å². The molecule has 3 rings (SSSR count). The lowest BCUT2D eigenvalue weighted by Crippen LogP contribution is -3.15. The van der Waals surface area contributed by atoms with Crippen LogP contribution in [0.4, 0.5) is 0 Å². The number of fused-ring (bicyclic) bond motifs is 1. The molecule has 2 aromatic rings. The van der Waals surface area contributed by atoms with Gasteiger partial charge >= 0.3 is 0 Å². The Morgan fingerprint density at radius 1 is 1.36 bits per heavy atom. The lowest BCUT2D eigenvalue weighted by molar-refractivity contribution is -0.944. The van der Waals surface area contributed by atoms with Gasteiger partial charge in [-0.2, -0.15) is 0 Å². The zero-order valence-electron chi connectivity index (χ0n) is 13.3. The number of quaternary nitrogens is 1. The highest BCUT2D eigenvalue weighted by Gasteiger charge is 2.26. The van der Waals surface area contributed by atoms with E-state index in [1.165, 1.54) is 32.2 Å². The highest BCUT2D eigenvalue weighted by Crippen LogP contribution is 2.17. The first-order valence-electron chi connectivity index (χ1n) is 8.25. The summed E-state index contributed by atoms with van der Waals surface area (Å²) in [6.45, 7) is 6.34. The molecule has 0 aliphatic carbocycles. The molecule has 0 bridgehead atoms. The molecule has 1 aliphatic heterocycles. The molecule has 0 radical (unpaired) electrons. The summed E-state index contributed by atoms with van der Waals surface area (Å²) in [5.41, 5.74) is 3.10. The van der Waals surface area contributed by atoms with Crippen molar-refractivity contribution in [2.45, 2.75) is 52.1 Å². The van der Waals surface area contributed by atoms with Crippen LogP contribution in [0.5, 0.6) is 0 Å². The number of hydrogen-bond donors (Lipinski definition) is 2. The number of likely N-dealkylation sites (tertiary alicyclic amines) is 1. The van der Waals surface area contributed by atoms with E-state index in [2.05, 4.69) is 27.8 Å². The average Bonchev–Trinajstić information content (AvgIpc) is 2.52. The molecule has 118 valence electrons. The van der Waals surface area contributed by atoms with Crippen molar-refractivity contribution in [2.75, 3.05) is 6.54 Å². The number of halogens is 1. The molecule has 1 saturated heterocycles. The Kier molecular flexibility index (Phi) is 4.69. The van der Waals surface area contributed by atoms with Crippen LogP contribution in [0, 0.1) is 6.92 Å². The Balaban J connectivity index is 2.01. The van der Waals surface area contributed by atoms with Crippen LogP contribution in [0.2, 0.25) is 0 Å². The third kappa shape index (κ3) is 2.99. The summed E-state index contributed by atoms with van der Waals surface area (Å²) < 4.78 is 0.956. The number of H-pyrrole nitrogens is 1. The van der Waals surface area contributed by atoms with Gasteiger partial charge in [0.2, 0.25) is 0 Å². The van der Waals surface area contributed by atoms with Crippen LogP contribution in [0.3, 0.4) is 0 Å². The molecule has 22 heavy (non-hydrogen) atoms. The van der Waals surface area contributed by atoms with E-state index in [-0.39, 0.29) is 5.43 Å². The van der Waals surface area contributed by atoms with Crippen molar-refractivity contribution >= 4 is 26.8 Å². The van der Waals surface area contributed by atoms with Crippen molar-refractivity contribution in [3.63, 3.8) is 0 Å². The number of benzene rings is 1. The first kappa shape index (κ1) is 15.8. The average molecular weight is 364 g/mol. The van der Waals surface area contributed by atoms with Crippen molar-refractivity contribution < 1.29 is 4.90 Å². The fraction of sp³-hybridized carbons (Fsp3) is 0.500. The molecule has 0 amide bonds. The van der Waals surface area contributed by atoms with Gasteiger partial charge in [-0.15, -0.1) is 0 Å². The molecule has 1 aliphatic rings. The predicted molar refractivity (Wildman–Crippen MR) is 94.5 cm³/mol. The zero-order valence-corrected chi connectivity index (χ0v) is 14.9. The summed E-state index contributed by atoms with van der Waals surface area (Å²) in [7, 11) is 0. The Bertz CT molecular complexity index is 738. The summed E-state index contributed by atoms with van der Waals surface area (Å²) in [6.07, 6.45) is 5.11. The zero-order chi connectivity index (χ0) is 15.7. The molecule has 3 nitrogen and oxygen atoms in total. The first-order chi connectivity index (χ1) is 10.6. The molecule has 1 aromatic heterocycles. The van der Waals surface area contributed by atoms with Crippen molar-refractivity contribution in [2.24, 2.45) is 0 Å². The summed E-state index contributed by atoms with van der Waals surface area (Å²) in [4.78, 5) is 17.9. The minimum absolute atomic E-state index is 0.195. The van der Waals surface area contributed by atoms with Gasteiger partial charge in [0, 0.05) is 21.1 Å². The Morgan fingerprint density at radius 3 is 2.95 bits per heavy atom. The van der Waals surface area contributed by atoms with Gasteiger partial charge in [-0.3, -0.25) is 4.79 Å². The predicted octanol–water partition coefficient (Wildman–Crippen LogP) is 2.95. The monoisotopic (exact) mass is 363 g/mol. The minimum atomic E-state index is 0.195. The molecule has 2 unspecified atom stereocenters. The smallest absolute Gasteiger partial charge is 0.198 e. The van der Waals surface area contributed by atoms with Gasteiger partial charge in [0.1, 0.15) is 6.54 Å². The quantitative estimate of drug-likeness (QED) is 0.864. The van der Waals surface area contributed by atoms with Crippen molar-refractivity contribution in [1.82, 2.24) is 4.98 Å². The van der Waals surface area contributed by atoms with Gasteiger partial charge in [-0.05, 0) is 50.8 Å². The van der Waals surface area contributed by atoms with Crippen LogP contribution in [0.1, 0.15) is 43.9 Å². The number of aromatic amines is 1. The van der Waals surface area contributed by atoms with E-state index >= 15 is 0 Å². The third-order valence-corrected chi connectivity index (χ3v) is 5.54. The summed E-state index contributed by atoms with van der Waals surface area (Å²) in [6, 6.07) is 6.58. The maximum Gasteiger partial charge on any atom is 0.198 e. The van der Waals surface area contributed by atoms with Crippen LogP contribution < -0.4 is 10.3 Å². The van der Waals surface area contributed by atoms with Crippen LogP contribution in [-0.4, -0.2) is 17.6 Å². The lowest BCUT2D eigenvalue weighted by Gasteiger charge is -2.32. The molecular weight excluding hydrogens is 340 g/mol. The summed E-state index contributed by atoms with van der Waals surface area (Å²) in [5, 5.41) is 0.791. The molecule has 2 heterocycles. The number of hydrogen-bond acceptors (Lipinski definition) is 1. The molecule has 1 fully saturated rings. The molecular formula is C18H24BrN2O+. The Hall–Kier alpha value is -1.13. The molecule has 2 atom stereocenters. The second-order valence-electron chi connectivity index (χ2n) is 6.43. The Labute approximate surface area is 139 Å². The molecule has 0 spiro atoms. The van der Waals surface area contributed by atoms with Crippen LogP contribution >= 0.6 is 15.9 Å². The number of nitrogens with one attached hydrogen (secondary N) is 2. The molecule has 2 N–H and O–H groups in total. The second kappa shape index (κ2) is 6.55. The minimum Gasteiger partial charge on any atom is -0.358 e. The van der Waals surface area contributed by atoms with Gasteiger partial charge in [-0.1, -0.05) is 22.9 Å². The van der Waals surface area contributed by atoms with Crippen LogP contribution in [-0.2, 0) is 6.54 Å². The van der Waals surface area contributed by atoms with E-state index in [1.54, 1.807) is 4.90 Å². The SMILES string of the molecule is CCC1CCCC[NH+]1Cc1c(C)[nH]c2ccc(Br)cc2c1=O. The molecule has 0 saturated carbocycles. The highest BCUT2D eigenvalue weighted by atomic mass is 79.9. The van der Waals surface area contributed by atoms with Gasteiger partial charge in [0.25, 0.3) is 0 Å². The van der Waals surface area contributed by atoms with E-state index in [4.69, 9.17) is 0 Å². The number of pyridine rings is 1. The fourth-order valence-electron chi connectivity index (χ4n) is 3.74. The third-order valence-electron chi connectivity index (χ3n) is 5.05. The second-order valence-corrected chi connectivity index (χ2v) is 7.35. The highest BCUT2D eigenvalue weighted by molar-refractivity contribution is 9.10. The van der Waals surface area contributed by atoms with Crippen LogP contribution in [0.25, 0.3) is 10.9 Å². The maximum atomic E-state index is 12.9. The summed E-state index contributed by atoms with van der Waals surface area (Å²) >= 11 is 3.47. The van der Waals surface area contributed by atoms with Crippen molar-refractivity contribution in [3.05, 3.63) is 44.2 Å². The van der Waals surface area contributed by atoms with Gasteiger partial charge in [-0.25, -0.2) is 0 Å². The molecule has 1 aromatic carbocycles. The van der Waals surface area contributed by atoms with Crippen molar-refractivity contribution in [1.29, 1.82) is 0 Å². The van der Waals surface area contributed by atoms with Crippen molar-refractivity contribution in [3.8, 4) is 0 Å². The number of rotatable bonds is 3. The number of aromatic nitrogens is 1. The largest absolute Gasteiger partial charge is 0.358 e. The van der Waals surface area contributed by atoms with E-state index in [9.17, 15) is 4.79 Å². The van der Waals surface area contributed by atoms with Crippen LogP contribution in [0.15, 0.2) is 27.5 Å². The van der Waals surface area contributed by atoms with Gasteiger partial charge in [0.05, 0.1) is 18.2 Å². The first-order valence-corrected chi connectivity index (χ1v) is 9.05. The van der Waals surface area contributed by atoms with E-state index in [1.807, 2.05) is 25.1 Å². The molecule has 4 heteroatoms. The Morgan fingerprint density at radius 2 is 2.18 bits per heavy atom. The van der Waals surface area contributed by atoms with E-state index in [0.29, 0.717) is 6.04 Å². The van der Waals surface area contributed by atoms with E-state index < -0.39 is 0 Å². The number of piperidine rings is 1. The van der Waals surface area contributed by atoms with Gasteiger partial charge in [0.15, 0.2) is 5.43 Å². The normalized spacial score (nSPS) is 22.1. The van der Waals surface area contributed by atoms with Gasteiger partial charge < -0.3 is 9.88 Å². The fourth-order valence-corrected chi connectivity index (χ4v) is 4.10. The number of aryl methyl sites for hydroxylation is 1. The summed E-state index contributed by atoms with van der Waals surface area (Å²) in [5.74, 6) is 0. The maximum absolute atomic E-state index is 12.9. The lowest BCUT2D eigenvalue weighted by atomic mass is 9.98.